The minimum atomic E-state index is -1.25. The first-order valence-corrected chi connectivity index (χ1v) is 7.24. The molecule has 0 spiro atoms. The normalized spacial score (nSPS) is 18.7. The SMILES string of the molecule is COc1ccc(CNN2CCCCC2OC(=O)O)cc1OC. The van der Waals surface area contributed by atoms with Crippen LogP contribution in [0.2, 0.25) is 0 Å². The number of carbonyl (C=O) groups is 1. The molecule has 1 aromatic carbocycles. The lowest BCUT2D eigenvalue weighted by atomic mass is 10.1. The van der Waals surface area contributed by atoms with Gasteiger partial charge < -0.3 is 19.3 Å². The van der Waals surface area contributed by atoms with Gasteiger partial charge in [0.15, 0.2) is 17.7 Å². The standard InChI is InChI=1S/C15H22N2O5/c1-20-12-7-6-11(9-13(12)21-2)10-16-17-8-4-3-5-14(17)22-15(18)19/h6-7,9,14,16H,3-5,8,10H2,1-2H3,(H,18,19). The number of hydrazine groups is 1. The van der Waals surface area contributed by atoms with Crippen molar-refractivity contribution in [2.24, 2.45) is 0 Å². The Hall–Kier alpha value is -1.99. The van der Waals surface area contributed by atoms with E-state index in [0.717, 1.165) is 24.9 Å². The molecule has 0 aromatic heterocycles. The zero-order valence-electron chi connectivity index (χ0n) is 12.9. The van der Waals surface area contributed by atoms with Crippen LogP contribution >= 0.6 is 0 Å². The van der Waals surface area contributed by atoms with Gasteiger partial charge >= 0.3 is 6.16 Å². The van der Waals surface area contributed by atoms with Gasteiger partial charge in [-0.05, 0) is 37.0 Å². The van der Waals surface area contributed by atoms with Crippen molar-refractivity contribution in [1.82, 2.24) is 10.4 Å². The largest absolute Gasteiger partial charge is 0.507 e. The van der Waals surface area contributed by atoms with Gasteiger partial charge in [-0.25, -0.2) is 15.2 Å². The summed E-state index contributed by atoms with van der Waals surface area (Å²) in [5, 5.41) is 10.6. The predicted molar refractivity (Wildman–Crippen MR) is 79.8 cm³/mol. The first kappa shape index (κ1) is 16.4. The molecule has 0 bridgehead atoms. The third kappa shape index (κ3) is 4.25. The zero-order valence-corrected chi connectivity index (χ0v) is 12.9. The molecular formula is C15H22N2O5. The van der Waals surface area contributed by atoms with Gasteiger partial charge in [0.1, 0.15) is 0 Å². The van der Waals surface area contributed by atoms with Crippen molar-refractivity contribution in [3.8, 4) is 11.5 Å². The number of benzene rings is 1. The van der Waals surface area contributed by atoms with Crippen molar-refractivity contribution in [3.05, 3.63) is 23.8 Å². The number of carboxylic acid groups (broad SMARTS) is 1. The number of methoxy groups -OCH3 is 2. The lowest BCUT2D eigenvalue weighted by molar-refractivity contribution is -0.0812. The van der Waals surface area contributed by atoms with E-state index in [0.29, 0.717) is 24.5 Å². The number of nitrogens with zero attached hydrogens (tertiary/aromatic N) is 1. The van der Waals surface area contributed by atoms with Crippen LogP contribution in [0.25, 0.3) is 0 Å². The van der Waals surface area contributed by atoms with Gasteiger partial charge in [-0.1, -0.05) is 6.07 Å². The lowest BCUT2D eigenvalue weighted by Gasteiger charge is -2.34. The van der Waals surface area contributed by atoms with Crippen LogP contribution in [-0.4, -0.2) is 43.3 Å². The van der Waals surface area contributed by atoms with E-state index in [1.807, 2.05) is 23.2 Å². The first-order valence-electron chi connectivity index (χ1n) is 7.24. The van der Waals surface area contributed by atoms with E-state index in [1.54, 1.807) is 14.2 Å². The second-order valence-corrected chi connectivity index (χ2v) is 5.05. The average molecular weight is 310 g/mol. The topological polar surface area (TPSA) is 80.3 Å². The highest BCUT2D eigenvalue weighted by molar-refractivity contribution is 5.57. The Balaban J connectivity index is 1.97. The Morgan fingerprint density at radius 2 is 2.09 bits per heavy atom. The molecule has 1 atom stereocenters. The summed E-state index contributed by atoms with van der Waals surface area (Å²) in [7, 11) is 3.19. The van der Waals surface area contributed by atoms with E-state index >= 15 is 0 Å². The van der Waals surface area contributed by atoms with Crippen molar-refractivity contribution in [3.63, 3.8) is 0 Å². The molecule has 1 fully saturated rings. The molecule has 2 rings (SSSR count). The highest BCUT2D eigenvalue weighted by Gasteiger charge is 2.25. The monoisotopic (exact) mass is 310 g/mol. The Bertz CT molecular complexity index is 509. The molecule has 0 radical (unpaired) electrons. The number of hydrogen-bond acceptors (Lipinski definition) is 6. The summed E-state index contributed by atoms with van der Waals surface area (Å²) >= 11 is 0. The molecular weight excluding hydrogens is 288 g/mol. The quantitative estimate of drug-likeness (QED) is 0.780. The number of piperidine rings is 1. The van der Waals surface area contributed by atoms with Crippen LogP contribution in [0.3, 0.4) is 0 Å². The lowest BCUT2D eigenvalue weighted by Crippen LogP contribution is -2.49. The van der Waals surface area contributed by atoms with Gasteiger partial charge in [0.05, 0.1) is 14.2 Å². The fraction of sp³-hybridized carbons (Fsp3) is 0.533. The molecule has 1 unspecified atom stereocenters. The summed E-state index contributed by atoms with van der Waals surface area (Å²) in [5.41, 5.74) is 4.24. The van der Waals surface area contributed by atoms with E-state index in [9.17, 15) is 4.79 Å². The maximum absolute atomic E-state index is 10.7. The van der Waals surface area contributed by atoms with Crippen molar-refractivity contribution < 1.29 is 24.1 Å². The van der Waals surface area contributed by atoms with E-state index in [-0.39, 0.29) is 0 Å². The summed E-state index contributed by atoms with van der Waals surface area (Å²) in [4.78, 5) is 10.7. The summed E-state index contributed by atoms with van der Waals surface area (Å²) in [6, 6.07) is 5.67. The maximum atomic E-state index is 10.7. The van der Waals surface area contributed by atoms with Crippen molar-refractivity contribution >= 4 is 6.16 Å². The van der Waals surface area contributed by atoms with E-state index in [2.05, 4.69) is 5.43 Å². The van der Waals surface area contributed by atoms with Crippen LogP contribution in [0, 0.1) is 0 Å². The Morgan fingerprint density at radius 1 is 1.32 bits per heavy atom. The average Bonchev–Trinajstić information content (AvgIpc) is 2.53. The third-order valence-corrected chi connectivity index (χ3v) is 3.62. The number of ether oxygens (including phenoxy) is 3. The van der Waals surface area contributed by atoms with Crippen molar-refractivity contribution in [2.75, 3.05) is 20.8 Å². The molecule has 0 saturated carbocycles. The molecule has 1 aliphatic heterocycles. The van der Waals surface area contributed by atoms with Gasteiger partial charge in [0, 0.05) is 13.1 Å². The van der Waals surface area contributed by atoms with Crippen LogP contribution in [-0.2, 0) is 11.3 Å². The fourth-order valence-corrected chi connectivity index (χ4v) is 2.50. The minimum absolute atomic E-state index is 0.439. The molecule has 1 aromatic rings. The van der Waals surface area contributed by atoms with Crippen LogP contribution in [0.4, 0.5) is 4.79 Å². The van der Waals surface area contributed by atoms with Gasteiger partial charge in [0.25, 0.3) is 0 Å². The molecule has 122 valence electrons. The summed E-state index contributed by atoms with van der Waals surface area (Å²) in [6.07, 6.45) is 0.993. The van der Waals surface area contributed by atoms with Gasteiger partial charge in [-0.2, -0.15) is 0 Å². The molecule has 22 heavy (non-hydrogen) atoms. The number of rotatable bonds is 6. The Kier molecular flexibility index (Phi) is 5.85. The van der Waals surface area contributed by atoms with Crippen molar-refractivity contribution in [2.45, 2.75) is 32.0 Å². The van der Waals surface area contributed by atoms with Crippen LogP contribution in [0.15, 0.2) is 18.2 Å². The highest BCUT2D eigenvalue weighted by atomic mass is 16.7. The third-order valence-electron chi connectivity index (χ3n) is 3.62. The molecule has 0 amide bonds. The highest BCUT2D eigenvalue weighted by Crippen LogP contribution is 2.27. The first-order chi connectivity index (χ1) is 10.6. The summed E-state index contributed by atoms with van der Waals surface area (Å²) in [6.45, 7) is 1.31. The van der Waals surface area contributed by atoms with Crippen LogP contribution in [0.1, 0.15) is 24.8 Å². The molecule has 7 nitrogen and oxygen atoms in total. The molecule has 0 aliphatic carbocycles. The van der Waals surface area contributed by atoms with E-state index < -0.39 is 12.4 Å². The maximum Gasteiger partial charge on any atom is 0.507 e. The van der Waals surface area contributed by atoms with Gasteiger partial charge in [-0.15, -0.1) is 0 Å². The van der Waals surface area contributed by atoms with E-state index in [4.69, 9.17) is 19.3 Å². The molecule has 1 aliphatic rings. The van der Waals surface area contributed by atoms with Gasteiger partial charge in [-0.3, -0.25) is 0 Å². The van der Waals surface area contributed by atoms with Gasteiger partial charge in [0.2, 0.25) is 0 Å². The smallest absolute Gasteiger partial charge is 0.493 e. The Morgan fingerprint density at radius 3 is 2.77 bits per heavy atom. The Labute approximate surface area is 129 Å². The zero-order chi connectivity index (χ0) is 15.9. The molecule has 1 heterocycles. The summed E-state index contributed by atoms with van der Waals surface area (Å²) in [5.74, 6) is 1.34. The number of nitrogens with one attached hydrogen (secondary N) is 1. The second kappa shape index (κ2) is 7.86. The van der Waals surface area contributed by atoms with Crippen LogP contribution < -0.4 is 14.9 Å². The van der Waals surface area contributed by atoms with Crippen LogP contribution in [0.5, 0.6) is 11.5 Å². The minimum Gasteiger partial charge on any atom is -0.493 e. The van der Waals surface area contributed by atoms with E-state index in [1.165, 1.54) is 0 Å². The van der Waals surface area contributed by atoms with Crippen molar-refractivity contribution in [1.29, 1.82) is 0 Å². The molecule has 2 N–H and O–H groups in total. The second-order valence-electron chi connectivity index (χ2n) is 5.05. The fourth-order valence-electron chi connectivity index (χ4n) is 2.50. The summed E-state index contributed by atoms with van der Waals surface area (Å²) < 4.78 is 15.4. The number of hydrogen-bond donors (Lipinski definition) is 2. The molecule has 1 saturated heterocycles. The molecule has 7 heteroatoms. The predicted octanol–water partition coefficient (Wildman–Crippen LogP) is 2.21.